The minimum Gasteiger partial charge on any atom is -0.545 e. The van der Waals surface area contributed by atoms with E-state index in [0.717, 1.165) is 0 Å². The Bertz CT molecular complexity index is 579. The van der Waals surface area contributed by atoms with Gasteiger partial charge < -0.3 is 19.8 Å². The maximum Gasteiger partial charge on any atom is 1.00 e. The maximum absolute atomic E-state index is 10.7. The number of hydrogen-bond acceptors (Lipinski definition) is 6. The third-order valence-electron chi connectivity index (χ3n) is 2.25. The summed E-state index contributed by atoms with van der Waals surface area (Å²) in [5, 5.41) is 21.4. The normalized spacial score (nSPS) is 9.00. The van der Waals surface area contributed by atoms with Crippen molar-refractivity contribution in [3.63, 3.8) is 0 Å². The minimum atomic E-state index is -1.34. The van der Waals surface area contributed by atoms with Crippen LogP contribution in [0.4, 0.5) is 0 Å². The summed E-state index contributed by atoms with van der Waals surface area (Å²) in [4.78, 5) is 29.2. The molecule has 0 N–H and O–H groups in total. The summed E-state index contributed by atoms with van der Waals surface area (Å²) in [6.45, 7) is 0. The quantitative estimate of drug-likeness (QED) is 0.520. The average Bonchev–Trinajstić information content (AvgIpc) is 2.39. The molecular weight excluding hydrogens is 282 g/mol. The van der Waals surface area contributed by atoms with Crippen LogP contribution in [0.25, 0.3) is 11.4 Å². The molecule has 0 amide bonds. The third-order valence-corrected chi connectivity index (χ3v) is 2.25. The van der Waals surface area contributed by atoms with Gasteiger partial charge in [0, 0.05) is 23.5 Å². The van der Waals surface area contributed by atoms with Crippen LogP contribution in [0.5, 0.6) is 0 Å². The summed E-state index contributed by atoms with van der Waals surface area (Å²) >= 11 is 0. The molecule has 2 aromatic heterocycles. The zero-order valence-corrected chi connectivity index (χ0v) is 15.0. The molecule has 0 saturated heterocycles. The van der Waals surface area contributed by atoms with Gasteiger partial charge in [-0.1, -0.05) is 0 Å². The molecule has 0 aromatic carbocycles. The predicted octanol–water partition coefficient (Wildman–Crippen LogP) is -7.12. The molecule has 0 aliphatic carbocycles. The fourth-order valence-corrected chi connectivity index (χ4v) is 1.40. The molecule has 0 atom stereocenters. The van der Waals surface area contributed by atoms with E-state index in [4.69, 9.17) is 0 Å². The van der Waals surface area contributed by atoms with Crippen LogP contribution in [-0.4, -0.2) is 21.9 Å². The first-order chi connectivity index (χ1) is 8.58. The van der Waals surface area contributed by atoms with E-state index in [0.29, 0.717) is 0 Å². The van der Waals surface area contributed by atoms with Crippen molar-refractivity contribution < 1.29 is 78.9 Å². The minimum absolute atomic E-state index is 0. The van der Waals surface area contributed by atoms with Crippen LogP contribution in [0.15, 0.2) is 36.7 Å². The Morgan fingerprint density at radius 2 is 1.15 bits per heavy atom. The van der Waals surface area contributed by atoms with Gasteiger partial charge in [-0.2, -0.15) is 0 Å². The topological polar surface area (TPSA) is 106 Å². The summed E-state index contributed by atoms with van der Waals surface area (Å²) < 4.78 is 0. The number of carbonyl (C=O) groups is 2. The molecule has 6 nitrogen and oxygen atoms in total. The monoisotopic (exact) mass is 288 g/mol. The standard InChI is InChI=1S/C12H8N2O4.2Na/c15-11(16)7-1-3-13-9(5-7)10-6-8(12(17)18)2-4-14-10;;/h1-6H,(H,15,16)(H,17,18);;/q;2*+1/p-2. The second-order valence-corrected chi connectivity index (χ2v) is 3.43. The first-order valence-electron chi connectivity index (χ1n) is 4.93. The summed E-state index contributed by atoms with van der Waals surface area (Å²) in [6, 6.07) is 5.08. The molecule has 0 spiro atoms. The number of carboxylic acid groups (broad SMARTS) is 2. The molecule has 0 unspecified atom stereocenters. The van der Waals surface area contributed by atoms with E-state index in [-0.39, 0.29) is 81.6 Å². The number of hydrogen-bond donors (Lipinski definition) is 0. The smallest absolute Gasteiger partial charge is 0.545 e. The molecule has 0 aliphatic rings. The van der Waals surface area contributed by atoms with Gasteiger partial charge in [0.25, 0.3) is 0 Å². The van der Waals surface area contributed by atoms with Gasteiger partial charge in [0.05, 0.1) is 23.3 Å². The van der Waals surface area contributed by atoms with Crippen LogP contribution in [0, 0.1) is 0 Å². The molecule has 20 heavy (non-hydrogen) atoms. The second-order valence-electron chi connectivity index (χ2n) is 3.43. The van der Waals surface area contributed by atoms with Crippen molar-refractivity contribution in [1.82, 2.24) is 9.97 Å². The van der Waals surface area contributed by atoms with Crippen LogP contribution in [0.1, 0.15) is 20.7 Å². The summed E-state index contributed by atoms with van der Waals surface area (Å²) in [5.74, 6) is -2.68. The van der Waals surface area contributed by atoms with Gasteiger partial charge in [-0.05, 0) is 24.3 Å². The number of carboxylic acids is 2. The van der Waals surface area contributed by atoms with E-state index in [2.05, 4.69) is 9.97 Å². The summed E-state index contributed by atoms with van der Waals surface area (Å²) in [7, 11) is 0. The first-order valence-corrected chi connectivity index (χ1v) is 4.93. The van der Waals surface area contributed by atoms with Crippen molar-refractivity contribution in [2.75, 3.05) is 0 Å². The van der Waals surface area contributed by atoms with E-state index in [1.54, 1.807) is 0 Å². The molecule has 8 heteroatoms. The number of aromatic carboxylic acids is 2. The first kappa shape index (κ1) is 19.2. The molecule has 2 heterocycles. The van der Waals surface area contributed by atoms with Gasteiger partial charge in [-0.25, -0.2) is 0 Å². The average molecular weight is 288 g/mol. The van der Waals surface area contributed by atoms with Crippen molar-refractivity contribution in [1.29, 1.82) is 0 Å². The predicted molar refractivity (Wildman–Crippen MR) is 56.1 cm³/mol. The zero-order chi connectivity index (χ0) is 13.1. The molecule has 0 radical (unpaired) electrons. The largest absolute Gasteiger partial charge is 1.00 e. The fraction of sp³-hybridized carbons (Fsp3) is 0. The molecule has 0 fully saturated rings. The van der Waals surface area contributed by atoms with Gasteiger partial charge in [0.15, 0.2) is 0 Å². The number of rotatable bonds is 3. The Kier molecular flexibility index (Phi) is 8.19. The van der Waals surface area contributed by atoms with Crippen LogP contribution in [0.3, 0.4) is 0 Å². The molecule has 2 rings (SSSR count). The van der Waals surface area contributed by atoms with E-state index in [1.165, 1.54) is 36.7 Å². The van der Waals surface area contributed by atoms with Gasteiger partial charge in [-0.3, -0.25) is 9.97 Å². The number of pyridine rings is 2. The molecule has 0 aliphatic heterocycles. The zero-order valence-electron chi connectivity index (χ0n) is 11.0. The van der Waals surface area contributed by atoms with Crippen LogP contribution >= 0.6 is 0 Å². The van der Waals surface area contributed by atoms with Crippen molar-refractivity contribution in [3.8, 4) is 11.4 Å². The second kappa shape index (κ2) is 8.51. The Labute approximate surface area is 158 Å². The Morgan fingerprint density at radius 1 is 0.800 bits per heavy atom. The van der Waals surface area contributed by atoms with Crippen LogP contribution in [-0.2, 0) is 0 Å². The molecule has 2 aromatic rings. The van der Waals surface area contributed by atoms with Gasteiger partial charge in [-0.15, -0.1) is 0 Å². The van der Waals surface area contributed by atoms with Crippen molar-refractivity contribution in [3.05, 3.63) is 47.8 Å². The van der Waals surface area contributed by atoms with E-state index >= 15 is 0 Å². The van der Waals surface area contributed by atoms with Crippen molar-refractivity contribution >= 4 is 11.9 Å². The van der Waals surface area contributed by atoms with E-state index in [1.807, 2.05) is 0 Å². The summed E-state index contributed by atoms with van der Waals surface area (Å²) in [6.07, 6.45) is 2.57. The Hall–Kier alpha value is -0.760. The van der Waals surface area contributed by atoms with Crippen molar-refractivity contribution in [2.24, 2.45) is 0 Å². The van der Waals surface area contributed by atoms with Gasteiger partial charge >= 0.3 is 59.1 Å². The Balaban J connectivity index is 0.00000180. The van der Waals surface area contributed by atoms with Crippen LogP contribution in [0.2, 0.25) is 0 Å². The SMILES string of the molecule is O=C([O-])c1ccnc(-c2cc(C(=O)[O-])ccn2)c1.[Na+].[Na+]. The number of aromatic nitrogens is 2. The number of nitrogens with zero attached hydrogens (tertiary/aromatic N) is 2. The van der Waals surface area contributed by atoms with Gasteiger partial charge in [0.1, 0.15) is 0 Å². The van der Waals surface area contributed by atoms with E-state index < -0.39 is 11.9 Å². The van der Waals surface area contributed by atoms with Crippen molar-refractivity contribution in [2.45, 2.75) is 0 Å². The molecular formula is C12H6N2Na2O4. The third kappa shape index (κ3) is 4.66. The molecule has 0 saturated carbocycles. The van der Waals surface area contributed by atoms with E-state index in [9.17, 15) is 19.8 Å². The maximum atomic E-state index is 10.7. The molecule has 90 valence electrons. The number of carbonyl (C=O) groups excluding carboxylic acids is 2. The molecule has 0 bridgehead atoms. The summed E-state index contributed by atoms with van der Waals surface area (Å²) in [5.41, 5.74) is 0.390. The Morgan fingerprint density at radius 3 is 1.45 bits per heavy atom. The fourth-order valence-electron chi connectivity index (χ4n) is 1.40. The van der Waals surface area contributed by atoms with Crippen LogP contribution < -0.4 is 69.3 Å². The van der Waals surface area contributed by atoms with Gasteiger partial charge in [0.2, 0.25) is 0 Å².